The molecule has 20 heavy (non-hydrogen) atoms. The van der Waals surface area contributed by atoms with Crippen molar-refractivity contribution in [3.05, 3.63) is 64.2 Å². The van der Waals surface area contributed by atoms with Gasteiger partial charge in [-0.2, -0.15) is 0 Å². The van der Waals surface area contributed by atoms with Gasteiger partial charge in [-0.25, -0.2) is 0 Å². The van der Waals surface area contributed by atoms with Gasteiger partial charge in [0.25, 0.3) is 0 Å². The Kier molecular flexibility index (Phi) is 4.46. The molecular formula is C17H17ClO2. The first-order valence-electron chi connectivity index (χ1n) is 6.51. The largest absolute Gasteiger partial charge is 0.481 e. The Balaban J connectivity index is 2.15. The molecule has 2 aromatic rings. The molecule has 0 saturated carbocycles. The fourth-order valence-corrected chi connectivity index (χ4v) is 2.06. The number of ketones is 1. The molecule has 104 valence electrons. The molecule has 0 fully saturated rings. The van der Waals surface area contributed by atoms with Crippen molar-refractivity contribution < 1.29 is 9.53 Å². The average molecular weight is 289 g/mol. The predicted molar refractivity (Wildman–Crippen MR) is 81.8 cm³/mol. The summed E-state index contributed by atoms with van der Waals surface area (Å²) < 4.78 is 5.69. The van der Waals surface area contributed by atoms with Gasteiger partial charge >= 0.3 is 0 Å². The van der Waals surface area contributed by atoms with Gasteiger partial charge < -0.3 is 4.74 Å². The van der Waals surface area contributed by atoms with Gasteiger partial charge in [-0.3, -0.25) is 4.79 Å². The molecule has 2 aromatic carbocycles. The Labute approximate surface area is 124 Å². The van der Waals surface area contributed by atoms with Gasteiger partial charge in [0.15, 0.2) is 6.10 Å². The first-order chi connectivity index (χ1) is 9.47. The van der Waals surface area contributed by atoms with Crippen LogP contribution in [-0.2, 0) is 0 Å². The van der Waals surface area contributed by atoms with E-state index in [0.717, 1.165) is 11.1 Å². The van der Waals surface area contributed by atoms with Crippen LogP contribution >= 0.6 is 11.6 Å². The molecule has 0 aliphatic carbocycles. The normalized spacial score (nSPS) is 12.0. The lowest BCUT2D eigenvalue weighted by atomic mass is 10.1. The highest BCUT2D eigenvalue weighted by atomic mass is 35.5. The van der Waals surface area contributed by atoms with Crippen LogP contribution in [0.3, 0.4) is 0 Å². The molecule has 3 heteroatoms. The molecule has 0 aliphatic rings. The van der Waals surface area contributed by atoms with E-state index in [1.54, 1.807) is 13.0 Å². The summed E-state index contributed by atoms with van der Waals surface area (Å²) in [4.78, 5) is 12.3. The molecule has 0 heterocycles. The molecule has 0 aliphatic heterocycles. The molecule has 2 rings (SSSR count). The topological polar surface area (TPSA) is 26.3 Å². The number of carbonyl (C=O) groups excluding carboxylic acids is 1. The van der Waals surface area contributed by atoms with Crippen molar-refractivity contribution >= 4 is 17.4 Å². The fraction of sp³-hybridized carbons (Fsp3) is 0.235. The number of halogens is 1. The monoisotopic (exact) mass is 288 g/mol. The maximum absolute atomic E-state index is 12.3. The number of benzene rings is 2. The molecule has 0 N–H and O–H groups in total. The lowest BCUT2D eigenvalue weighted by Gasteiger charge is -2.15. The first-order valence-corrected chi connectivity index (χ1v) is 6.89. The number of hydrogen-bond acceptors (Lipinski definition) is 2. The summed E-state index contributed by atoms with van der Waals surface area (Å²) in [5.41, 5.74) is 2.81. The summed E-state index contributed by atoms with van der Waals surface area (Å²) in [5.74, 6) is 0.488. The summed E-state index contributed by atoms with van der Waals surface area (Å²) in [7, 11) is 0. The number of carbonyl (C=O) groups is 1. The second-order valence-electron chi connectivity index (χ2n) is 4.92. The maximum Gasteiger partial charge on any atom is 0.202 e. The van der Waals surface area contributed by atoms with Crippen molar-refractivity contribution in [2.45, 2.75) is 26.9 Å². The van der Waals surface area contributed by atoms with E-state index in [4.69, 9.17) is 16.3 Å². The van der Waals surface area contributed by atoms with Gasteiger partial charge in [-0.1, -0.05) is 47.5 Å². The Morgan fingerprint density at radius 3 is 2.30 bits per heavy atom. The Bertz CT molecular complexity index is 617. The molecule has 1 unspecified atom stereocenters. The smallest absolute Gasteiger partial charge is 0.202 e. The number of Topliss-reactive ketones (excluding diaryl/α,β-unsaturated/α-hetero) is 1. The van der Waals surface area contributed by atoms with Gasteiger partial charge in [0.05, 0.1) is 5.02 Å². The van der Waals surface area contributed by atoms with Gasteiger partial charge in [0.2, 0.25) is 5.78 Å². The van der Waals surface area contributed by atoms with E-state index in [1.807, 2.05) is 50.2 Å². The van der Waals surface area contributed by atoms with Gasteiger partial charge in [-0.15, -0.1) is 0 Å². The zero-order chi connectivity index (χ0) is 14.7. The van der Waals surface area contributed by atoms with Crippen molar-refractivity contribution in [3.8, 4) is 5.75 Å². The molecule has 1 atom stereocenters. The SMILES string of the molecule is Cc1ccc(C(=O)C(C)Oc2cc(C)ccc2Cl)cc1. The summed E-state index contributed by atoms with van der Waals surface area (Å²) in [6.07, 6.45) is -0.572. The van der Waals surface area contributed by atoms with E-state index >= 15 is 0 Å². The third kappa shape index (κ3) is 3.40. The quantitative estimate of drug-likeness (QED) is 0.768. The molecule has 2 nitrogen and oxygen atoms in total. The first kappa shape index (κ1) is 14.6. The molecule has 0 aromatic heterocycles. The highest BCUT2D eigenvalue weighted by Crippen LogP contribution is 2.26. The molecule has 0 amide bonds. The number of rotatable bonds is 4. The summed E-state index contributed by atoms with van der Waals surface area (Å²) >= 11 is 6.08. The van der Waals surface area contributed by atoms with Crippen LogP contribution in [0, 0.1) is 13.8 Å². The van der Waals surface area contributed by atoms with Crippen molar-refractivity contribution in [1.82, 2.24) is 0 Å². The molecular weight excluding hydrogens is 272 g/mol. The maximum atomic E-state index is 12.3. The summed E-state index contributed by atoms with van der Waals surface area (Å²) in [5, 5.41) is 0.513. The minimum atomic E-state index is -0.572. The van der Waals surface area contributed by atoms with Crippen LogP contribution in [-0.4, -0.2) is 11.9 Å². The highest BCUT2D eigenvalue weighted by Gasteiger charge is 2.18. The van der Waals surface area contributed by atoms with Crippen molar-refractivity contribution in [3.63, 3.8) is 0 Å². The summed E-state index contributed by atoms with van der Waals surface area (Å²) in [6.45, 7) is 5.68. The fourth-order valence-electron chi connectivity index (χ4n) is 1.90. The van der Waals surface area contributed by atoms with E-state index < -0.39 is 6.10 Å². The van der Waals surface area contributed by atoms with Crippen LogP contribution in [0.4, 0.5) is 0 Å². The van der Waals surface area contributed by atoms with E-state index in [1.165, 1.54) is 0 Å². The van der Waals surface area contributed by atoms with E-state index in [2.05, 4.69) is 0 Å². The second kappa shape index (κ2) is 6.10. The Morgan fingerprint density at radius 2 is 1.65 bits per heavy atom. The van der Waals surface area contributed by atoms with Crippen LogP contribution in [0.2, 0.25) is 5.02 Å². The van der Waals surface area contributed by atoms with Crippen molar-refractivity contribution in [2.75, 3.05) is 0 Å². The summed E-state index contributed by atoms with van der Waals surface area (Å²) in [6, 6.07) is 13.0. The highest BCUT2D eigenvalue weighted by molar-refractivity contribution is 6.32. The number of hydrogen-bond donors (Lipinski definition) is 0. The Morgan fingerprint density at radius 1 is 1.05 bits per heavy atom. The minimum Gasteiger partial charge on any atom is -0.481 e. The van der Waals surface area contributed by atoms with E-state index in [0.29, 0.717) is 16.3 Å². The molecule has 0 saturated heterocycles. The average Bonchev–Trinajstić information content (AvgIpc) is 2.43. The third-order valence-electron chi connectivity index (χ3n) is 3.10. The van der Waals surface area contributed by atoms with Gasteiger partial charge in [0.1, 0.15) is 5.75 Å². The third-order valence-corrected chi connectivity index (χ3v) is 3.41. The number of aryl methyl sites for hydroxylation is 2. The van der Waals surface area contributed by atoms with Crippen molar-refractivity contribution in [1.29, 1.82) is 0 Å². The van der Waals surface area contributed by atoms with E-state index in [-0.39, 0.29) is 5.78 Å². The molecule has 0 radical (unpaired) electrons. The minimum absolute atomic E-state index is 0.0532. The van der Waals surface area contributed by atoms with Gasteiger partial charge in [0, 0.05) is 5.56 Å². The van der Waals surface area contributed by atoms with Crippen LogP contribution in [0.25, 0.3) is 0 Å². The van der Waals surface area contributed by atoms with Crippen LogP contribution in [0.1, 0.15) is 28.4 Å². The van der Waals surface area contributed by atoms with Crippen LogP contribution in [0.5, 0.6) is 5.75 Å². The van der Waals surface area contributed by atoms with Crippen molar-refractivity contribution in [2.24, 2.45) is 0 Å². The predicted octanol–water partition coefficient (Wildman–Crippen LogP) is 4.61. The standard InChI is InChI=1S/C17H17ClO2/c1-11-4-7-14(8-5-11)17(19)13(3)20-16-10-12(2)6-9-15(16)18/h4-10,13H,1-3H3. The van der Waals surface area contributed by atoms with Crippen LogP contribution in [0.15, 0.2) is 42.5 Å². The lowest BCUT2D eigenvalue weighted by molar-refractivity contribution is 0.0818. The molecule has 0 spiro atoms. The Hall–Kier alpha value is -1.80. The van der Waals surface area contributed by atoms with Gasteiger partial charge in [-0.05, 0) is 38.5 Å². The second-order valence-corrected chi connectivity index (χ2v) is 5.33. The zero-order valence-electron chi connectivity index (χ0n) is 11.8. The zero-order valence-corrected chi connectivity index (χ0v) is 12.6. The van der Waals surface area contributed by atoms with E-state index in [9.17, 15) is 4.79 Å². The number of ether oxygens (including phenoxy) is 1. The lowest BCUT2D eigenvalue weighted by Crippen LogP contribution is -2.24. The van der Waals surface area contributed by atoms with Crippen LogP contribution < -0.4 is 4.74 Å². The molecule has 0 bridgehead atoms.